The Labute approximate surface area is 172 Å². The molecule has 0 bridgehead atoms. The summed E-state index contributed by atoms with van der Waals surface area (Å²) in [6.07, 6.45) is 5.99. The molecule has 2 aromatic heterocycles. The van der Waals surface area contributed by atoms with Crippen LogP contribution >= 0.6 is 23.1 Å². The van der Waals surface area contributed by atoms with E-state index < -0.39 is 9.84 Å². The smallest absolute Gasteiger partial charge is 0.261 e. The zero-order valence-electron chi connectivity index (χ0n) is 15.6. The first-order valence-corrected chi connectivity index (χ1v) is 12.7. The Morgan fingerprint density at radius 2 is 1.82 bits per heavy atom. The number of benzene rings is 1. The number of amides is 1. The van der Waals surface area contributed by atoms with Crippen LogP contribution in [-0.4, -0.2) is 37.9 Å². The van der Waals surface area contributed by atoms with E-state index in [2.05, 4.69) is 0 Å². The molecule has 0 radical (unpaired) electrons. The van der Waals surface area contributed by atoms with Crippen molar-refractivity contribution in [2.75, 3.05) is 24.0 Å². The zero-order chi connectivity index (χ0) is 19.9. The van der Waals surface area contributed by atoms with Gasteiger partial charge in [-0.1, -0.05) is 0 Å². The quantitative estimate of drug-likeness (QED) is 0.625. The fourth-order valence-electron chi connectivity index (χ4n) is 3.29. The topological polar surface area (TPSA) is 59.4 Å². The van der Waals surface area contributed by atoms with Crippen LogP contribution < -0.4 is 4.90 Å². The lowest BCUT2D eigenvalue weighted by Crippen LogP contribution is -2.28. The van der Waals surface area contributed by atoms with Crippen LogP contribution in [-0.2, 0) is 22.0 Å². The Kier molecular flexibility index (Phi) is 5.11. The highest BCUT2D eigenvalue weighted by atomic mass is 32.2. The van der Waals surface area contributed by atoms with E-state index in [0.29, 0.717) is 5.69 Å². The number of thioether (sulfide) groups is 1. The van der Waals surface area contributed by atoms with Crippen LogP contribution in [0.5, 0.6) is 0 Å². The highest BCUT2D eigenvalue weighted by molar-refractivity contribution is 7.98. The van der Waals surface area contributed by atoms with Crippen LogP contribution in [0.15, 0.2) is 53.7 Å². The number of nitrogens with zero attached hydrogens (tertiary/aromatic N) is 2. The highest BCUT2D eigenvalue weighted by Crippen LogP contribution is 2.39. The lowest BCUT2D eigenvalue weighted by Gasteiger charge is -2.20. The van der Waals surface area contributed by atoms with Crippen LogP contribution in [0.1, 0.15) is 20.8 Å². The van der Waals surface area contributed by atoms with Crippen molar-refractivity contribution >= 4 is 44.5 Å². The summed E-state index contributed by atoms with van der Waals surface area (Å²) < 4.78 is 25.4. The number of rotatable bonds is 4. The molecule has 1 aromatic carbocycles. The predicted molar refractivity (Wildman–Crippen MR) is 116 cm³/mol. The molecule has 0 aliphatic carbocycles. The Hall–Kier alpha value is -2.03. The summed E-state index contributed by atoms with van der Waals surface area (Å²) in [6.45, 7) is 0. The van der Waals surface area contributed by atoms with Crippen molar-refractivity contribution in [1.29, 1.82) is 0 Å². The average Bonchev–Trinajstić information content (AvgIpc) is 3.33. The molecule has 3 aromatic rings. The van der Waals surface area contributed by atoms with Gasteiger partial charge in [0.25, 0.3) is 5.91 Å². The van der Waals surface area contributed by atoms with Gasteiger partial charge in [-0.05, 0) is 54.1 Å². The molecule has 0 fully saturated rings. The summed E-state index contributed by atoms with van der Waals surface area (Å²) in [5.41, 5.74) is 2.57. The Balaban J connectivity index is 1.74. The van der Waals surface area contributed by atoms with Crippen molar-refractivity contribution in [3.8, 4) is 5.00 Å². The maximum Gasteiger partial charge on any atom is 0.261 e. The maximum absolute atomic E-state index is 13.5. The minimum Gasteiger partial charge on any atom is -0.315 e. The van der Waals surface area contributed by atoms with Crippen molar-refractivity contribution in [3.05, 3.63) is 64.8 Å². The maximum atomic E-state index is 13.5. The Bertz CT molecular complexity index is 1110. The van der Waals surface area contributed by atoms with Gasteiger partial charge in [0.05, 0.1) is 10.5 Å². The number of aromatic nitrogens is 1. The number of carbonyl (C=O) groups is 1. The van der Waals surface area contributed by atoms with Crippen molar-refractivity contribution < 1.29 is 13.2 Å². The van der Waals surface area contributed by atoms with Gasteiger partial charge in [0.15, 0.2) is 9.84 Å². The Morgan fingerprint density at radius 3 is 2.46 bits per heavy atom. The summed E-state index contributed by atoms with van der Waals surface area (Å²) in [5.74, 6) is 1.89. The first-order valence-electron chi connectivity index (χ1n) is 8.80. The molecule has 1 aliphatic heterocycles. The molecule has 0 N–H and O–H groups in total. The number of hydrogen-bond acceptors (Lipinski definition) is 5. The number of hydrogen-bond donors (Lipinski definition) is 0. The molecule has 1 aliphatic rings. The van der Waals surface area contributed by atoms with Gasteiger partial charge in [0.1, 0.15) is 5.00 Å². The number of thiophene rings is 1. The monoisotopic (exact) mass is 432 g/mol. The van der Waals surface area contributed by atoms with Gasteiger partial charge >= 0.3 is 0 Å². The molecule has 4 rings (SSSR count). The molecule has 0 atom stereocenters. The number of sulfone groups is 1. The van der Waals surface area contributed by atoms with Crippen molar-refractivity contribution in [3.63, 3.8) is 0 Å². The van der Waals surface area contributed by atoms with Crippen molar-refractivity contribution in [2.45, 2.75) is 17.1 Å². The third kappa shape index (κ3) is 3.52. The second-order valence-electron chi connectivity index (χ2n) is 6.71. The molecule has 5 nitrogen and oxygen atoms in total. The largest absolute Gasteiger partial charge is 0.315 e. The third-order valence-electron chi connectivity index (χ3n) is 4.81. The van der Waals surface area contributed by atoms with Gasteiger partial charge < -0.3 is 9.47 Å². The van der Waals surface area contributed by atoms with E-state index >= 15 is 0 Å². The van der Waals surface area contributed by atoms with E-state index in [1.54, 1.807) is 47.5 Å². The lowest BCUT2D eigenvalue weighted by molar-refractivity contribution is 0.0992. The lowest BCUT2D eigenvalue weighted by atomic mass is 10.1. The molecule has 8 heteroatoms. The molecule has 0 saturated carbocycles. The highest BCUT2D eigenvalue weighted by Gasteiger charge is 2.28. The summed E-state index contributed by atoms with van der Waals surface area (Å²) in [5, 5.41) is 0.946. The van der Waals surface area contributed by atoms with Crippen LogP contribution in [0.3, 0.4) is 0 Å². The first-order chi connectivity index (χ1) is 13.4. The van der Waals surface area contributed by atoms with Gasteiger partial charge in [-0.25, -0.2) is 8.42 Å². The fourth-order valence-corrected chi connectivity index (χ4v) is 6.36. The standard InChI is InChI=1S/C20H20N2O3S3/c1-21(14-5-7-15(8-6-14)28(2,24)25)19(23)18-16-9-12-26-13-17(16)27-20(18)22-10-3-4-11-22/h3-8,10-11H,9,12-13H2,1-2H3. The first kappa shape index (κ1) is 19.3. The second-order valence-corrected chi connectivity index (χ2v) is 10.9. The van der Waals surface area contributed by atoms with E-state index in [1.165, 1.54) is 11.1 Å². The summed E-state index contributed by atoms with van der Waals surface area (Å²) >= 11 is 3.58. The molecular weight excluding hydrogens is 412 g/mol. The van der Waals surface area contributed by atoms with Crippen LogP contribution in [0, 0.1) is 0 Å². The molecule has 0 unspecified atom stereocenters. The number of carbonyl (C=O) groups excluding carboxylic acids is 1. The fraction of sp³-hybridized carbons (Fsp3) is 0.250. The molecule has 3 heterocycles. The summed E-state index contributed by atoms with van der Waals surface area (Å²) in [4.78, 5) is 16.6. The SMILES string of the molecule is CN(C(=O)c1c(-n2cccc2)sc2c1CCSC2)c1ccc(S(C)(=O)=O)cc1. The minimum absolute atomic E-state index is 0.0693. The van der Waals surface area contributed by atoms with Crippen LogP contribution in [0.2, 0.25) is 0 Å². The molecule has 146 valence electrons. The molecule has 0 saturated heterocycles. The van der Waals surface area contributed by atoms with Gasteiger partial charge in [-0.2, -0.15) is 11.8 Å². The number of fused-ring (bicyclic) bond motifs is 1. The van der Waals surface area contributed by atoms with E-state index in [1.807, 2.05) is 40.9 Å². The minimum atomic E-state index is -3.26. The average molecular weight is 433 g/mol. The number of anilines is 1. The van der Waals surface area contributed by atoms with E-state index in [-0.39, 0.29) is 10.8 Å². The molecule has 0 spiro atoms. The van der Waals surface area contributed by atoms with Crippen LogP contribution in [0.4, 0.5) is 5.69 Å². The van der Waals surface area contributed by atoms with Crippen molar-refractivity contribution in [2.24, 2.45) is 0 Å². The van der Waals surface area contributed by atoms with E-state index in [4.69, 9.17) is 0 Å². The third-order valence-corrected chi connectivity index (χ3v) is 8.35. The summed E-state index contributed by atoms with van der Waals surface area (Å²) in [7, 11) is -1.53. The zero-order valence-corrected chi connectivity index (χ0v) is 18.0. The predicted octanol–water partition coefficient (Wildman–Crippen LogP) is 4.01. The molecule has 28 heavy (non-hydrogen) atoms. The van der Waals surface area contributed by atoms with Gasteiger partial charge in [0.2, 0.25) is 0 Å². The van der Waals surface area contributed by atoms with Gasteiger partial charge in [0, 0.05) is 42.0 Å². The normalized spacial score (nSPS) is 13.9. The van der Waals surface area contributed by atoms with E-state index in [0.717, 1.165) is 34.1 Å². The summed E-state index contributed by atoms with van der Waals surface area (Å²) in [6, 6.07) is 10.4. The van der Waals surface area contributed by atoms with E-state index in [9.17, 15) is 13.2 Å². The Morgan fingerprint density at radius 1 is 1.14 bits per heavy atom. The molecular formula is C20H20N2O3S3. The molecule has 1 amide bonds. The van der Waals surface area contributed by atoms with Crippen LogP contribution in [0.25, 0.3) is 5.00 Å². The van der Waals surface area contributed by atoms with Crippen molar-refractivity contribution in [1.82, 2.24) is 4.57 Å². The second kappa shape index (κ2) is 7.42. The van der Waals surface area contributed by atoms with Gasteiger partial charge in [-0.15, -0.1) is 11.3 Å². The van der Waals surface area contributed by atoms with Gasteiger partial charge in [-0.3, -0.25) is 4.79 Å².